The van der Waals surface area contributed by atoms with Crippen LogP contribution in [0.25, 0.3) is 0 Å². The molecule has 1 heterocycles. The van der Waals surface area contributed by atoms with E-state index in [2.05, 4.69) is 29.4 Å². The molecule has 2 N–H and O–H groups in total. The van der Waals surface area contributed by atoms with Crippen LogP contribution >= 0.6 is 0 Å². The summed E-state index contributed by atoms with van der Waals surface area (Å²) in [5, 5.41) is 5.92. The quantitative estimate of drug-likeness (QED) is 0.841. The summed E-state index contributed by atoms with van der Waals surface area (Å²) in [7, 11) is 0. The summed E-state index contributed by atoms with van der Waals surface area (Å²) in [6.07, 6.45) is 1.83. The Kier molecular flexibility index (Phi) is 6.23. The third-order valence-electron chi connectivity index (χ3n) is 4.05. The fourth-order valence-corrected chi connectivity index (χ4v) is 2.96. The number of anilines is 1. The van der Waals surface area contributed by atoms with Gasteiger partial charge < -0.3 is 15.5 Å². The van der Waals surface area contributed by atoms with Gasteiger partial charge in [-0.2, -0.15) is 0 Å². The predicted molar refractivity (Wildman–Crippen MR) is 97.4 cm³/mol. The molecule has 5 nitrogen and oxygen atoms in total. The first-order chi connectivity index (χ1) is 11.4. The van der Waals surface area contributed by atoms with Crippen molar-refractivity contribution in [3.8, 4) is 0 Å². The molecular formula is C19H29N3O2. The Morgan fingerprint density at radius 3 is 2.62 bits per heavy atom. The summed E-state index contributed by atoms with van der Waals surface area (Å²) < 4.78 is 0. The fourth-order valence-electron chi connectivity index (χ4n) is 2.96. The topological polar surface area (TPSA) is 61.4 Å². The Balaban J connectivity index is 2.15. The molecule has 1 aromatic rings. The molecule has 1 aliphatic heterocycles. The lowest BCUT2D eigenvalue weighted by atomic mass is 9.95. The van der Waals surface area contributed by atoms with E-state index in [0.717, 1.165) is 36.2 Å². The Morgan fingerprint density at radius 1 is 1.21 bits per heavy atom. The van der Waals surface area contributed by atoms with E-state index in [-0.39, 0.29) is 17.9 Å². The van der Waals surface area contributed by atoms with Gasteiger partial charge >= 0.3 is 0 Å². The van der Waals surface area contributed by atoms with Gasteiger partial charge in [-0.1, -0.05) is 19.9 Å². The van der Waals surface area contributed by atoms with Gasteiger partial charge in [-0.3, -0.25) is 9.59 Å². The Bertz CT molecular complexity index is 596. The molecule has 0 radical (unpaired) electrons. The van der Waals surface area contributed by atoms with E-state index in [0.29, 0.717) is 19.0 Å². The molecule has 1 aromatic carbocycles. The van der Waals surface area contributed by atoms with Gasteiger partial charge in [0.15, 0.2) is 0 Å². The first-order valence-electron chi connectivity index (χ1n) is 8.83. The highest BCUT2D eigenvalue weighted by Crippen LogP contribution is 2.29. The molecule has 0 unspecified atom stereocenters. The fraction of sp³-hybridized carbons (Fsp3) is 0.579. The number of fused-ring (bicyclic) bond motifs is 1. The molecule has 0 aromatic heterocycles. The van der Waals surface area contributed by atoms with Crippen molar-refractivity contribution in [3.63, 3.8) is 0 Å². The van der Waals surface area contributed by atoms with Crippen LogP contribution in [-0.4, -0.2) is 37.5 Å². The molecule has 0 fully saturated rings. The summed E-state index contributed by atoms with van der Waals surface area (Å²) in [4.78, 5) is 26.7. The minimum atomic E-state index is -0.0343. The molecule has 0 saturated heterocycles. The second kappa shape index (κ2) is 8.18. The molecule has 0 atom stereocenters. The molecule has 1 aliphatic rings. The van der Waals surface area contributed by atoms with Crippen LogP contribution in [0.3, 0.4) is 0 Å². The number of nitrogens with zero attached hydrogens (tertiary/aromatic N) is 1. The highest BCUT2D eigenvalue weighted by molar-refractivity contribution is 5.97. The monoisotopic (exact) mass is 331 g/mol. The number of amides is 2. The Hall–Kier alpha value is -2.04. The summed E-state index contributed by atoms with van der Waals surface area (Å²) in [6, 6.07) is 5.89. The largest absolute Gasteiger partial charge is 0.362 e. The molecule has 5 heteroatoms. The zero-order chi connectivity index (χ0) is 17.7. The second-order valence-corrected chi connectivity index (χ2v) is 7.15. The smallest absolute Gasteiger partial charge is 0.251 e. The van der Waals surface area contributed by atoms with E-state index < -0.39 is 0 Å². The predicted octanol–water partition coefficient (Wildman–Crippen LogP) is 2.35. The number of hydrogen-bond donors (Lipinski definition) is 2. The maximum atomic E-state index is 12.4. The van der Waals surface area contributed by atoms with Crippen LogP contribution in [0.2, 0.25) is 0 Å². The molecule has 2 amide bonds. The minimum absolute atomic E-state index is 0.0343. The third kappa shape index (κ3) is 4.73. The van der Waals surface area contributed by atoms with Gasteiger partial charge in [0.1, 0.15) is 0 Å². The van der Waals surface area contributed by atoms with E-state index in [1.807, 2.05) is 32.0 Å². The molecule has 24 heavy (non-hydrogen) atoms. The maximum absolute atomic E-state index is 12.4. The highest BCUT2D eigenvalue weighted by Gasteiger charge is 2.23. The van der Waals surface area contributed by atoms with Crippen LogP contribution in [0, 0.1) is 5.92 Å². The number of carbonyl (C=O) groups is 2. The number of nitrogens with one attached hydrogen (secondary N) is 2. The molecule has 0 spiro atoms. The lowest BCUT2D eigenvalue weighted by Crippen LogP contribution is -2.41. The van der Waals surface area contributed by atoms with Crippen molar-refractivity contribution >= 4 is 17.5 Å². The molecule has 0 saturated carbocycles. The van der Waals surface area contributed by atoms with Crippen LogP contribution in [0.1, 0.15) is 50.0 Å². The van der Waals surface area contributed by atoms with E-state index in [4.69, 9.17) is 0 Å². The van der Waals surface area contributed by atoms with E-state index in [1.54, 1.807) is 0 Å². The van der Waals surface area contributed by atoms with Crippen LogP contribution in [-0.2, 0) is 11.2 Å². The Labute approximate surface area is 144 Å². The molecule has 0 aliphatic carbocycles. The van der Waals surface area contributed by atoms with Gasteiger partial charge in [-0.25, -0.2) is 0 Å². The summed E-state index contributed by atoms with van der Waals surface area (Å²) in [6.45, 7) is 9.95. The van der Waals surface area contributed by atoms with Crippen molar-refractivity contribution in [2.24, 2.45) is 5.92 Å². The van der Waals surface area contributed by atoms with Crippen molar-refractivity contribution < 1.29 is 9.59 Å². The molecular weight excluding hydrogens is 302 g/mol. The van der Waals surface area contributed by atoms with Crippen LogP contribution in [0.4, 0.5) is 5.69 Å². The lowest BCUT2D eigenvalue weighted by molar-refractivity contribution is -0.119. The average Bonchev–Trinajstić information content (AvgIpc) is 2.52. The van der Waals surface area contributed by atoms with Gasteiger partial charge in [-0.05, 0) is 50.3 Å². The normalized spacial score (nSPS) is 13.8. The van der Waals surface area contributed by atoms with E-state index in [9.17, 15) is 9.59 Å². The van der Waals surface area contributed by atoms with Gasteiger partial charge in [-0.15, -0.1) is 0 Å². The van der Waals surface area contributed by atoms with Gasteiger partial charge in [0.25, 0.3) is 5.91 Å². The second-order valence-electron chi connectivity index (χ2n) is 7.15. The molecule has 0 bridgehead atoms. The first kappa shape index (κ1) is 18.3. The summed E-state index contributed by atoms with van der Waals surface area (Å²) >= 11 is 0. The number of carbonyl (C=O) groups excluding carboxylic acids is 2. The number of benzene rings is 1. The maximum Gasteiger partial charge on any atom is 0.251 e. The Morgan fingerprint density at radius 2 is 1.96 bits per heavy atom. The number of rotatable bonds is 6. The van der Waals surface area contributed by atoms with Gasteiger partial charge in [0, 0.05) is 30.4 Å². The van der Waals surface area contributed by atoms with Crippen LogP contribution < -0.4 is 15.5 Å². The minimum Gasteiger partial charge on any atom is -0.362 e. The summed E-state index contributed by atoms with van der Waals surface area (Å²) in [5.41, 5.74) is 2.80. The van der Waals surface area contributed by atoms with Crippen LogP contribution in [0.5, 0.6) is 0 Å². The first-order valence-corrected chi connectivity index (χ1v) is 8.83. The number of hydrogen-bond acceptors (Lipinski definition) is 3. The molecule has 2 rings (SSSR count). The zero-order valence-corrected chi connectivity index (χ0v) is 15.2. The average molecular weight is 331 g/mol. The summed E-state index contributed by atoms with van der Waals surface area (Å²) in [5.74, 6) is 0.440. The third-order valence-corrected chi connectivity index (χ3v) is 4.05. The standard InChI is InChI=1S/C19H29N3O2/c1-13(2)11-20-18(23)12-22-10-6-8-15-16(7-5-9-17(15)22)19(24)21-14(3)4/h5,7,9,13-14H,6,8,10-12H2,1-4H3,(H,20,23)(H,21,24). The van der Waals surface area contributed by atoms with Crippen molar-refractivity contribution in [3.05, 3.63) is 29.3 Å². The van der Waals surface area contributed by atoms with Crippen molar-refractivity contribution in [1.29, 1.82) is 0 Å². The van der Waals surface area contributed by atoms with Crippen molar-refractivity contribution in [2.45, 2.75) is 46.6 Å². The van der Waals surface area contributed by atoms with Crippen molar-refractivity contribution in [1.82, 2.24) is 10.6 Å². The van der Waals surface area contributed by atoms with E-state index >= 15 is 0 Å². The SMILES string of the molecule is CC(C)CNC(=O)CN1CCCc2c(C(=O)NC(C)C)cccc21. The van der Waals surface area contributed by atoms with Crippen molar-refractivity contribution in [2.75, 3.05) is 24.5 Å². The molecule has 132 valence electrons. The highest BCUT2D eigenvalue weighted by atomic mass is 16.2. The zero-order valence-electron chi connectivity index (χ0n) is 15.2. The van der Waals surface area contributed by atoms with E-state index in [1.165, 1.54) is 0 Å². The van der Waals surface area contributed by atoms with Gasteiger partial charge in [0.05, 0.1) is 6.54 Å². The van der Waals surface area contributed by atoms with Gasteiger partial charge in [0.2, 0.25) is 5.91 Å². The lowest BCUT2D eigenvalue weighted by Gasteiger charge is -2.32. The van der Waals surface area contributed by atoms with Crippen LogP contribution in [0.15, 0.2) is 18.2 Å².